The number of benzene rings is 2. The first kappa shape index (κ1) is 100. The second-order valence-electron chi connectivity index (χ2n) is 32.1. The zero-order valence-corrected chi connectivity index (χ0v) is 70.0. The molecule has 2 aliphatic heterocycles. The van der Waals surface area contributed by atoms with Gasteiger partial charge in [0, 0.05) is 6.54 Å². The Balaban J connectivity index is 1.68. The minimum atomic E-state index is -1.20. The van der Waals surface area contributed by atoms with Gasteiger partial charge >= 0.3 is 0 Å². The molecule has 0 saturated carbocycles. The van der Waals surface area contributed by atoms with E-state index in [2.05, 4.69) is 81.7 Å². The van der Waals surface area contributed by atoms with Crippen molar-refractivity contribution in [1.29, 1.82) is 0 Å². The number of carbonyl (C=O) groups excluding carboxylic acids is 12. The molecular weight excluding hydrogens is 1490 g/mol. The molecule has 116 heavy (non-hydrogen) atoms. The molecule has 2 heterocycles. The maximum Gasteiger partial charge on any atom is 0.243 e. The largest absolute Gasteiger partial charge is 0.508 e. The highest BCUT2D eigenvalue weighted by molar-refractivity contribution is 5.96. The van der Waals surface area contributed by atoms with E-state index in [4.69, 9.17) is 26.8 Å². The minimum Gasteiger partial charge on any atom is -0.508 e. The number of aromatic hydroxyl groups is 1. The molecule has 0 spiro atoms. The van der Waals surface area contributed by atoms with E-state index < -0.39 is 138 Å². The molecule has 2 aromatic carbocycles. The van der Waals surface area contributed by atoms with Gasteiger partial charge in [-0.3, -0.25) is 68.7 Å². The number of hydrogen-bond donors (Lipinski definition) is 18. The van der Waals surface area contributed by atoms with Crippen LogP contribution in [0.4, 0.5) is 0 Å². The van der Waals surface area contributed by atoms with E-state index in [1.165, 1.54) is 26.0 Å². The van der Waals surface area contributed by atoms with Crippen LogP contribution in [0.1, 0.15) is 208 Å². The van der Waals surface area contributed by atoms with E-state index in [9.17, 15) is 67.7 Å². The number of unbranched alkanes of at least 4 members (excludes halogenated alkanes) is 3. The standard InChI is InChI=1S/C83H139N17O16/c1-55(2)45-68(78(111)92-62(51-102)52-103)87-48-71(105)67(46-61-35-37-63(104)38-36-61)95-74(107)59(7)98-116-53-82(8)39-23-15-13-11-10-12-14-16-24-40-83(9,99-97-66(33-22-27-43-86)81(114)100-44-28-34-70(100)80(113)90-57(5)50-101)115-54-89-73(56(3)4)72(106)49-88-69(47-60-29-18-17-19-30-60)79(112)94-65(32-21-26-42-85)77(110)93-64(31-20-25-41-84)76(109)91-58(6)75(108)96-82/h11,13,17-19,29-30,35-38,50-51,55-59,62,64-70,73,87-89,97-99,103-104H,10,12,14-16,20-28,31-34,39-49,52-54,84-86H2,1-9H3,(H,90,113)(H,91,109)(H,92,111)(H,93,110)(H,94,112)(H,95,107)(H,96,108)/b13-11-/t57-,58-,59-,62+,64-,65-,66-,67-,68-,69-,70-,73-,82?,83?/m0/s1. The van der Waals surface area contributed by atoms with Gasteiger partial charge in [0.1, 0.15) is 66.3 Å². The summed E-state index contributed by atoms with van der Waals surface area (Å²) in [4.78, 5) is 173. The summed E-state index contributed by atoms with van der Waals surface area (Å²) in [5.41, 5.74) is 26.3. The lowest BCUT2D eigenvalue weighted by Crippen LogP contribution is -2.61. The fraction of sp³-hybridized carbons (Fsp3) is 0.687. The molecule has 0 aromatic heterocycles. The number of nitrogens with zero attached hydrogens (tertiary/aromatic N) is 1. The van der Waals surface area contributed by atoms with Crippen molar-refractivity contribution < 1.29 is 77.3 Å². The number of ether oxygens (including phenoxy) is 1. The smallest absolute Gasteiger partial charge is 0.243 e. The zero-order valence-electron chi connectivity index (χ0n) is 70.0. The number of amides is 8. The van der Waals surface area contributed by atoms with E-state index in [0.717, 1.165) is 31.2 Å². The Morgan fingerprint density at radius 2 is 1.31 bits per heavy atom. The zero-order chi connectivity index (χ0) is 85.6. The predicted octanol–water partition coefficient (Wildman–Crippen LogP) is 1.63. The maximum absolute atomic E-state index is 14.8. The number of hydrogen-bond acceptors (Lipinski definition) is 25. The molecule has 14 atom stereocenters. The van der Waals surface area contributed by atoms with Crippen molar-refractivity contribution in [2.45, 2.75) is 294 Å². The molecule has 2 aliphatic rings. The van der Waals surface area contributed by atoms with Crippen molar-refractivity contribution in [3.05, 3.63) is 77.9 Å². The summed E-state index contributed by atoms with van der Waals surface area (Å²) in [5.74, 6) is -5.58. The maximum atomic E-state index is 14.8. The third-order valence-electron chi connectivity index (χ3n) is 20.7. The van der Waals surface area contributed by atoms with Crippen molar-refractivity contribution in [2.75, 3.05) is 59.2 Å². The number of nitrogens with two attached hydrogens (primary N) is 3. The van der Waals surface area contributed by atoms with Gasteiger partial charge in [0.05, 0.1) is 68.8 Å². The average molecular weight is 1630 g/mol. The first-order valence-electron chi connectivity index (χ1n) is 41.8. The van der Waals surface area contributed by atoms with Gasteiger partial charge in [-0.2, -0.15) is 5.48 Å². The molecule has 2 unspecified atom stereocenters. The number of hydrazine groups is 1. The van der Waals surface area contributed by atoms with Crippen LogP contribution in [-0.4, -0.2) is 229 Å². The van der Waals surface area contributed by atoms with Crippen LogP contribution in [0, 0.1) is 11.8 Å². The summed E-state index contributed by atoms with van der Waals surface area (Å²) in [5, 5.41) is 48.8. The molecule has 33 nitrogen and oxygen atoms in total. The summed E-state index contributed by atoms with van der Waals surface area (Å²) in [6, 6.07) is 3.20. The van der Waals surface area contributed by atoms with Crippen molar-refractivity contribution in [3.63, 3.8) is 0 Å². The van der Waals surface area contributed by atoms with Crippen LogP contribution in [0.3, 0.4) is 0 Å². The lowest BCUT2D eigenvalue weighted by molar-refractivity contribution is -0.142. The number of aldehydes is 2. The quantitative estimate of drug-likeness (QED) is 0.0195. The van der Waals surface area contributed by atoms with Crippen molar-refractivity contribution in [1.82, 2.24) is 74.4 Å². The highest BCUT2D eigenvalue weighted by Crippen LogP contribution is 2.24. The number of allylic oxidation sites excluding steroid dienone is 2. The fourth-order valence-electron chi connectivity index (χ4n) is 13.7. The number of carbonyl (C=O) groups is 12. The number of Topliss-reactive ketones (excluding diaryl/α,β-unsaturated/α-hetero) is 2. The van der Waals surface area contributed by atoms with Crippen molar-refractivity contribution in [3.8, 4) is 5.75 Å². The van der Waals surface area contributed by atoms with Gasteiger partial charge in [0.15, 0.2) is 11.6 Å². The lowest BCUT2D eigenvalue weighted by Gasteiger charge is -2.36. The van der Waals surface area contributed by atoms with Crippen molar-refractivity contribution in [2.24, 2.45) is 29.0 Å². The van der Waals surface area contributed by atoms with E-state index in [0.29, 0.717) is 134 Å². The van der Waals surface area contributed by atoms with Gasteiger partial charge in [-0.1, -0.05) is 102 Å². The summed E-state index contributed by atoms with van der Waals surface area (Å²) >= 11 is 0. The summed E-state index contributed by atoms with van der Waals surface area (Å²) in [6.07, 6.45) is 16.2. The average Bonchev–Trinajstić information content (AvgIpc) is 1.66. The molecule has 0 radical (unpaired) electrons. The molecule has 33 heteroatoms. The number of phenols is 1. The SMILES string of the molecule is CC(C)C[C@H](NCC(=O)[C@H](Cc1ccc(O)cc1)NC(=O)[C@H](C)NOCC1(C)CCC/C=C\CCCCCCC(C)(NN[C@@H](CCCCN)C(=O)N2CCC[C@H]2C(=O)N[C@@H](C)C=O)OCN[C@@H](C(C)C)C(=O)CN[C@@H](Cc2ccccc2)C(=O)N[C@@H](CCCCN)C(=O)N[C@@H](CCCCN)C(=O)N[C@@H](C)C(=O)N1)C(=O)N[C@H](C=O)CO. The van der Waals surface area contributed by atoms with Crippen LogP contribution in [0.5, 0.6) is 5.75 Å². The number of ketones is 2. The van der Waals surface area contributed by atoms with Gasteiger partial charge in [0.2, 0.25) is 47.3 Å². The Morgan fingerprint density at radius 3 is 1.93 bits per heavy atom. The summed E-state index contributed by atoms with van der Waals surface area (Å²) < 4.78 is 6.69. The summed E-state index contributed by atoms with van der Waals surface area (Å²) in [6.45, 7) is 15.5. The van der Waals surface area contributed by atoms with E-state index in [1.807, 2.05) is 65.0 Å². The topological polar surface area (TPSA) is 501 Å². The molecule has 2 aromatic rings. The predicted molar refractivity (Wildman–Crippen MR) is 443 cm³/mol. The first-order chi connectivity index (χ1) is 55.4. The fourth-order valence-corrected chi connectivity index (χ4v) is 13.7. The third-order valence-corrected chi connectivity index (χ3v) is 20.7. The van der Waals surface area contributed by atoms with E-state index in [1.54, 1.807) is 30.9 Å². The van der Waals surface area contributed by atoms with Gasteiger partial charge in [0.25, 0.3) is 0 Å². The van der Waals surface area contributed by atoms with E-state index >= 15 is 0 Å². The van der Waals surface area contributed by atoms with Crippen LogP contribution in [-0.2, 0) is 80.0 Å². The molecule has 0 aliphatic carbocycles. The number of nitrogens with one attached hydrogen (secondary N) is 13. The lowest BCUT2D eigenvalue weighted by atomic mass is 9.95. The monoisotopic (exact) mass is 1630 g/mol. The Labute approximate surface area is 685 Å². The number of aliphatic hydroxyl groups is 1. The number of aliphatic hydroxyl groups excluding tert-OH is 1. The number of rotatable bonds is 40. The van der Waals surface area contributed by atoms with Crippen LogP contribution in [0.25, 0.3) is 0 Å². The molecule has 652 valence electrons. The Hall–Kier alpha value is -8.06. The Bertz CT molecular complexity index is 3360. The summed E-state index contributed by atoms with van der Waals surface area (Å²) in [7, 11) is 0. The van der Waals surface area contributed by atoms with Gasteiger partial charge in [-0.25, -0.2) is 10.9 Å². The molecule has 0 bridgehead atoms. The van der Waals surface area contributed by atoms with Gasteiger partial charge < -0.3 is 83.9 Å². The Kier molecular flexibility index (Phi) is 47.4. The highest BCUT2D eigenvalue weighted by atomic mass is 16.6. The second-order valence-corrected chi connectivity index (χ2v) is 32.1. The molecule has 8 amide bonds. The van der Waals surface area contributed by atoms with Crippen molar-refractivity contribution >= 4 is 71.4 Å². The second kappa shape index (κ2) is 54.8. The highest BCUT2D eigenvalue weighted by Gasteiger charge is 2.40. The molecular formula is C83H139N17O16. The number of hydroxylamine groups is 1. The van der Waals surface area contributed by atoms with Crippen LogP contribution < -0.4 is 86.7 Å². The van der Waals surface area contributed by atoms with Gasteiger partial charge in [-0.15, -0.1) is 0 Å². The number of phenolic OH excluding ortho intramolecular Hbond substituents is 1. The molecule has 1 saturated heterocycles. The molecule has 21 N–H and O–H groups in total. The van der Waals surface area contributed by atoms with Crippen LogP contribution in [0.15, 0.2) is 66.7 Å². The molecule has 4 rings (SSSR count). The third kappa shape index (κ3) is 37.7. The first-order valence-corrected chi connectivity index (χ1v) is 41.8. The minimum absolute atomic E-state index is 0.00948. The number of likely N-dealkylation sites (tertiary alicyclic amines) is 1. The van der Waals surface area contributed by atoms with Crippen LogP contribution in [0.2, 0.25) is 0 Å². The van der Waals surface area contributed by atoms with Crippen LogP contribution >= 0.6 is 0 Å². The van der Waals surface area contributed by atoms with Gasteiger partial charge in [-0.05, 0) is 218 Å². The Morgan fingerprint density at radius 1 is 0.681 bits per heavy atom. The normalized spacial score (nSPS) is 23.8. The molecule has 1 fully saturated rings. The van der Waals surface area contributed by atoms with E-state index in [-0.39, 0.29) is 87.8 Å².